The van der Waals surface area contributed by atoms with Crippen LogP contribution in [0.25, 0.3) is 10.8 Å². The number of alkyl halides is 2. The number of nitrogens with zero attached hydrogens (tertiary/aromatic N) is 3. The van der Waals surface area contributed by atoms with Crippen molar-refractivity contribution in [2.75, 3.05) is 13.2 Å². The van der Waals surface area contributed by atoms with E-state index in [0.29, 0.717) is 42.9 Å². The highest BCUT2D eigenvalue weighted by atomic mass is 32.2. The summed E-state index contributed by atoms with van der Waals surface area (Å²) in [4.78, 5) is 62.4. The zero-order valence-corrected chi connectivity index (χ0v) is 34.3. The molecule has 0 spiro atoms. The van der Waals surface area contributed by atoms with Crippen LogP contribution >= 0.6 is 0 Å². The van der Waals surface area contributed by atoms with Gasteiger partial charge in [0.05, 0.1) is 18.4 Å². The molecular formula is C40H52F3N5O9S. The lowest BCUT2D eigenvalue weighted by Gasteiger charge is -2.47. The summed E-state index contributed by atoms with van der Waals surface area (Å²) < 4.78 is 85.4. The standard InChI is InChI=1S/C40H52F3N5O9S/c1-7-56-31-17-24-14-15-44-34(28(24)19-29(31)41)57-26-18-30-33(49)45-40(36(51)46-58(54,55)27-12-13-27)20-25(40)11-9-8-10-22(2)16-23(3)32(35(50)47(30)21-26)48(37(52)53)38(4,5)39(6,42)43/h9,11,14-15,17,19,22-23,25-27,30,32H,7-8,10,12-13,16,18,20-21H2,1-6H3,(H,45,49)(H,46,51)(H,52,53)/t22-,23+,25+,26+,30-,32-,40+/m0/s1. The van der Waals surface area contributed by atoms with E-state index in [2.05, 4.69) is 15.0 Å². The zero-order valence-electron chi connectivity index (χ0n) is 33.5. The van der Waals surface area contributed by atoms with Crippen LogP contribution in [0.4, 0.5) is 18.0 Å². The molecule has 1 aromatic heterocycles. The van der Waals surface area contributed by atoms with Gasteiger partial charge in [-0.05, 0) is 94.7 Å². The van der Waals surface area contributed by atoms with Crippen molar-refractivity contribution in [3.8, 4) is 11.6 Å². The quantitative estimate of drug-likeness (QED) is 0.262. The van der Waals surface area contributed by atoms with Gasteiger partial charge in [-0.15, -0.1) is 0 Å². The average Bonchev–Trinajstić information content (AvgIpc) is 4.05. The Balaban J connectivity index is 1.42. The van der Waals surface area contributed by atoms with E-state index in [1.807, 2.05) is 13.0 Å². The number of carbonyl (C=O) groups is 4. The highest BCUT2D eigenvalue weighted by Crippen LogP contribution is 2.47. The van der Waals surface area contributed by atoms with Crippen LogP contribution in [0.15, 0.2) is 36.5 Å². The Morgan fingerprint density at radius 1 is 1.14 bits per heavy atom. The molecule has 0 bridgehead atoms. The molecule has 2 saturated carbocycles. The summed E-state index contributed by atoms with van der Waals surface area (Å²) >= 11 is 0. The van der Waals surface area contributed by atoms with Crippen molar-refractivity contribution in [3.63, 3.8) is 0 Å². The summed E-state index contributed by atoms with van der Waals surface area (Å²) in [5.41, 5.74) is -4.09. The van der Waals surface area contributed by atoms with Crippen LogP contribution in [0, 0.1) is 23.6 Å². The first-order valence-electron chi connectivity index (χ1n) is 19.7. The second kappa shape index (κ2) is 15.9. The third-order valence-electron chi connectivity index (χ3n) is 12.1. The SMILES string of the molecule is CCOc1cc2ccnc(O[C@@H]3C[C@H]4C(=O)N[C@]5(C(=O)NS(=O)(=O)C6CC6)C[C@H]5C=CCC[C@H](C)C[C@@H](C)[C@H](N(C(=O)O)C(C)(C)C(C)(F)F)C(=O)N4C3)c2cc1F. The van der Waals surface area contributed by atoms with Crippen molar-refractivity contribution in [2.45, 2.75) is 127 Å². The second-order valence-electron chi connectivity index (χ2n) is 16.9. The lowest BCUT2D eigenvalue weighted by Crippen LogP contribution is -2.66. The number of amides is 4. The van der Waals surface area contributed by atoms with Crippen molar-refractivity contribution in [1.29, 1.82) is 0 Å². The molecule has 7 atom stereocenters. The summed E-state index contributed by atoms with van der Waals surface area (Å²) in [6.45, 7) is 7.75. The van der Waals surface area contributed by atoms with Gasteiger partial charge in [0.15, 0.2) is 11.6 Å². The van der Waals surface area contributed by atoms with Crippen LogP contribution in [-0.4, -0.2) is 106 Å². The normalized spacial score (nSPS) is 28.4. The first kappa shape index (κ1) is 43.0. The lowest BCUT2D eigenvalue weighted by atomic mass is 9.84. The van der Waals surface area contributed by atoms with E-state index in [-0.39, 0.29) is 55.3 Å². The lowest BCUT2D eigenvalue weighted by molar-refractivity contribution is -0.156. The van der Waals surface area contributed by atoms with Crippen molar-refractivity contribution in [3.05, 3.63) is 42.4 Å². The van der Waals surface area contributed by atoms with Crippen molar-refractivity contribution < 1.29 is 55.3 Å². The Morgan fingerprint density at radius 2 is 1.84 bits per heavy atom. The molecule has 18 heteroatoms. The molecule has 3 heterocycles. The molecule has 318 valence electrons. The second-order valence-corrected chi connectivity index (χ2v) is 18.8. The maximum atomic E-state index is 15.3. The maximum absolute atomic E-state index is 15.3. The number of halogens is 3. The van der Waals surface area contributed by atoms with Crippen LogP contribution in [0.1, 0.15) is 86.5 Å². The molecule has 14 nitrogen and oxygen atoms in total. The van der Waals surface area contributed by atoms with Gasteiger partial charge in [0.1, 0.15) is 29.3 Å². The number of nitrogens with one attached hydrogen (secondary N) is 2. The van der Waals surface area contributed by atoms with Crippen LogP contribution in [-0.2, 0) is 24.4 Å². The summed E-state index contributed by atoms with van der Waals surface area (Å²) in [5, 5.41) is 13.4. The van der Waals surface area contributed by atoms with Gasteiger partial charge >= 0.3 is 6.09 Å². The molecule has 2 aliphatic heterocycles. The van der Waals surface area contributed by atoms with E-state index in [0.717, 1.165) is 18.7 Å². The number of allylic oxidation sites excluding steroid dienone is 1. The molecule has 6 rings (SSSR count). The molecule has 3 fully saturated rings. The number of carbonyl (C=O) groups excluding carboxylic acids is 3. The monoisotopic (exact) mass is 835 g/mol. The Labute approximate surface area is 335 Å². The number of pyridine rings is 1. The number of ether oxygens (including phenoxy) is 2. The maximum Gasteiger partial charge on any atom is 0.408 e. The van der Waals surface area contributed by atoms with Crippen LogP contribution < -0.4 is 19.5 Å². The van der Waals surface area contributed by atoms with Gasteiger partial charge in [0.2, 0.25) is 27.7 Å². The number of carboxylic acid groups (broad SMARTS) is 1. The molecule has 4 aliphatic rings. The minimum atomic E-state index is -4.02. The fraction of sp³-hybridized carbons (Fsp3) is 0.625. The Morgan fingerprint density at radius 3 is 2.48 bits per heavy atom. The Hall–Kier alpha value is -4.61. The predicted molar refractivity (Wildman–Crippen MR) is 206 cm³/mol. The highest BCUT2D eigenvalue weighted by molar-refractivity contribution is 7.91. The van der Waals surface area contributed by atoms with Gasteiger partial charge in [-0.3, -0.25) is 24.0 Å². The average molecular weight is 836 g/mol. The van der Waals surface area contributed by atoms with Crippen LogP contribution in [0.2, 0.25) is 0 Å². The van der Waals surface area contributed by atoms with Crippen molar-refractivity contribution in [1.82, 2.24) is 24.8 Å². The number of rotatable bonds is 10. The van der Waals surface area contributed by atoms with Gasteiger partial charge < -0.3 is 24.8 Å². The molecule has 2 aliphatic carbocycles. The van der Waals surface area contributed by atoms with Crippen LogP contribution in [0.5, 0.6) is 11.6 Å². The fourth-order valence-corrected chi connectivity index (χ4v) is 9.59. The smallest absolute Gasteiger partial charge is 0.408 e. The summed E-state index contributed by atoms with van der Waals surface area (Å²) in [5.74, 6) is -8.57. The van der Waals surface area contributed by atoms with E-state index in [9.17, 15) is 27.9 Å². The van der Waals surface area contributed by atoms with Crippen molar-refractivity contribution >= 4 is 44.6 Å². The number of benzene rings is 1. The van der Waals surface area contributed by atoms with Gasteiger partial charge in [-0.1, -0.05) is 26.0 Å². The highest BCUT2D eigenvalue weighted by Gasteiger charge is 2.62. The minimum absolute atomic E-state index is 0.00959. The number of fused-ring (bicyclic) bond motifs is 3. The minimum Gasteiger partial charge on any atom is -0.491 e. The summed E-state index contributed by atoms with van der Waals surface area (Å²) in [7, 11) is -4.02. The first-order chi connectivity index (χ1) is 27.1. The largest absolute Gasteiger partial charge is 0.491 e. The number of hydrogen-bond donors (Lipinski definition) is 3. The van der Waals surface area contributed by atoms with Gasteiger partial charge in [0, 0.05) is 30.8 Å². The van der Waals surface area contributed by atoms with Gasteiger partial charge in [0.25, 0.3) is 11.8 Å². The molecule has 1 aromatic carbocycles. The Bertz CT molecular complexity index is 2090. The number of hydrogen-bond acceptors (Lipinski definition) is 9. The van der Waals surface area contributed by atoms with E-state index in [1.165, 1.54) is 18.3 Å². The molecule has 0 radical (unpaired) electrons. The fourth-order valence-electron chi connectivity index (χ4n) is 8.22. The summed E-state index contributed by atoms with van der Waals surface area (Å²) in [6.07, 6.45) is 4.17. The molecule has 3 N–H and O–H groups in total. The number of aromatic nitrogens is 1. The van der Waals surface area contributed by atoms with E-state index in [1.54, 1.807) is 26.0 Å². The third kappa shape index (κ3) is 8.43. The topological polar surface area (TPSA) is 185 Å². The van der Waals surface area contributed by atoms with E-state index < -0.39 is 91.9 Å². The molecular weight excluding hydrogens is 784 g/mol. The molecule has 0 unspecified atom stereocenters. The van der Waals surface area contributed by atoms with E-state index in [4.69, 9.17) is 9.47 Å². The first-order valence-corrected chi connectivity index (χ1v) is 21.3. The molecule has 2 aromatic rings. The third-order valence-corrected chi connectivity index (χ3v) is 13.9. The molecule has 58 heavy (non-hydrogen) atoms. The summed E-state index contributed by atoms with van der Waals surface area (Å²) in [6, 6.07) is 1.14. The predicted octanol–water partition coefficient (Wildman–Crippen LogP) is 5.40. The zero-order chi connectivity index (χ0) is 42.5. The molecule has 4 amide bonds. The van der Waals surface area contributed by atoms with Gasteiger partial charge in [-0.2, -0.15) is 0 Å². The Kier molecular flexibility index (Phi) is 11.8. The molecule has 1 saturated heterocycles. The van der Waals surface area contributed by atoms with Crippen LogP contribution in [0.3, 0.4) is 0 Å². The van der Waals surface area contributed by atoms with Gasteiger partial charge in [-0.25, -0.2) is 31.4 Å². The van der Waals surface area contributed by atoms with Crippen molar-refractivity contribution in [2.24, 2.45) is 17.8 Å². The van der Waals surface area contributed by atoms with E-state index >= 15 is 18.0 Å². The number of sulfonamides is 1.